The topological polar surface area (TPSA) is 51.2 Å². The molecule has 0 saturated carbocycles. The third-order valence-electron chi connectivity index (χ3n) is 2.56. The molecule has 2 aromatic carbocycles. The second-order valence-electron chi connectivity index (χ2n) is 3.80. The van der Waals surface area contributed by atoms with Crippen molar-refractivity contribution in [3.8, 4) is 5.75 Å². The van der Waals surface area contributed by atoms with Crippen LogP contribution in [0.1, 0.15) is 10.4 Å². The molecule has 19 heavy (non-hydrogen) atoms. The van der Waals surface area contributed by atoms with E-state index in [9.17, 15) is 4.79 Å². The van der Waals surface area contributed by atoms with Crippen LogP contribution in [0.15, 0.2) is 48.5 Å². The van der Waals surface area contributed by atoms with E-state index in [1.807, 2.05) is 30.3 Å². The molecule has 0 spiro atoms. The van der Waals surface area contributed by atoms with Crippen molar-refractivity contribution in [2.45, 2.75) is 0 Å². The Morgan fingerprint density at radius 1 is 1.16 bits per heavy atom. The second kappa shape index (κ2) is 5.07. The fourth-order valence-corrected chi connectivity index (χ4v) is 2.30. The van der Waals surface area contributed by atoms with Crippen molar-refractivity contribution in [1.82, 2.24) is 10.5 Å². The predicted octanol–water partition coefficient (Wildman–Crippen LogP) is 2.82. The van der Waals surface area contributed by atoms with Crippen LogP contribution in [-0.2, 0) is 0 Å². The van der Waals surface area contributed by atoms with Gasteiger partial charge in [-0.15, -0.1) is 11.3 Å². The van der Waals surface area contributed by atoms with Crippen LogP contribution in [0.2, 0.25) is 0 Å². The van der Waals surface area contributed by atoms with Crippen LogP contribution >= 0.6 is 11.3 Å². The van der Waals surface area contributed by atoms with Gasteiger partial charge in [0.2, 0.25) is 0 Å². The van der Waals surface area contributed by atoms with E-state index in [0.717, 1.165) is 4.70 Å². The zero-order valence-electron chi connectivity index (χ0n) is 9.79. The first-order valence-corrected chi connectivity index (χ1v) is 6.44. The Balaban J connectivity index is 1.79. The van der Waals surface area contributed by atoms with Crippen molar-refractivity contribution in [2.24, 2.45) is 0 Å². The molecule has 1 amide bonds. The molecule has 0 saturated heterocycles. The first kappa shape index (κ1) is 11.7. The Bertz CT molecular complexity index is 710. The lowest BCUT2D eigenvalue weighted by atomic mass is 10.2. The van der Waals surface area contributed by atoms with Gasteiger partial charge in [0.15, 0.2) is 11.3 Å². The lowest BCUT2D eigenvalue weighted by Crippen LogP contribution is -2.27. The normalized spacial score (nSPS) is 10.3. The van der Waals surface area contributed by atoms with E-state index in [4.69, 9.17) is 4.84 Å². The van der Waals surface area contributed by atoms with Crippen LogP contribution in [0.4, 0.5) is 0 Å². The number of amides is 1. The molecule has 5 heteroatoms. The van der Waals surface area contributed by atoms with Crippen molar-refractivity contribution >= 4 is 27.5 Å². The molecule has 1 aromatic heterocycles. The monoisotopic (exact) mass is 269 g/mol. The molecule has 0 aliphatic carbocycles. The smallest absolute Gasteiger partial charge is 0.286 e. The van der Waals surface area contributed by atoms with Crippen LogP contribution in [0.25, 0.3) is 10.2 Å². The Morgan fingerprint density at radius 2 is 2.00 bits per heavy atom. The molecule has 3 aromatic rings. The summed E-state index contributed by atoms with van der Waals surface area (Å²) >= 11 is 1.38. The Kier molecular flexibility index (Phi) is 3.12. The molecule has 1 heterocycles. The molecule has 0 aliphatic heterocycles. The van der Waals surface area contributed by atoms with Gasteiger partial charge < -0.3 is 4.84 Å². The van der Waals surface area contributed by atoms with E-state index in [1.54, 1.807) is 18.2 Å². The second-order valence-corrected chi connectivity index (χ2v) is 4.63. The van der Waals surface area contributed by atoms with E-state index in [0.29, 0.717) is 16.8 Å². The number of benzene rings is 2. The molecule has 1 N–H and O–H groups in total. The van der Waals surface area contributed by atoms with Gasteiger partial charge in [-0.05, 0) is 24.3 Å². The summed E-state index contributed by atoms with van der Waals surface area (Å²) < 4.78 is 0.923. The van der Waals surface area contributed by atoms with E-state index in [-0.39, 0.29) is 5.91 Å². The fourth-order valence-electron chi connectivity index (χ4n) is 1.67. The van der Waals surface area contributed by atoms with Crippen LogP contribution < -0.4 is 10.3 Å². The summed E-state index contributed by atoms with van der Waals surface area (Å²) in [4.78, 5) is 21.3. The molecular formula is C14H9N2O2S. The highest BCUT2D eigenvalue weighted by atomic mass is 32.1. The first-order valence-electron chi connectivity index (χ1n) is 5.62. The highest BCUT2D eigenvalue weighted by Crippen LogP contribution is 2.20. The SMILES string of the molecule is O=C(NOc1ccccc1)c1cccc2s[c]nc12. The average Bonchev–Trinajstić information content (AvgIpc) is 2.94. The number of carbonyl (C=O) groups is 1. The van der Waals surface area contributed by atoms with Gasteiger partial charge in [-0.3, -0.25) is 4.79 Å². The molecule has 3 rings (SSSR count). The van der Waals surface area contributed by atoms with Crippen LogP contribution in [0.5, 0.6) is 5.75 Å². The summed E-state index contributed by atoms with van der Waals surface area (Å²) in [5.41, 5.74) is 6.30. The van der Waals surface area contributed by atoms with Crippen molar-refractivity contribution in [1.29, 1.82) is 0 Å². The Hall–Kier alpha value is -2.40. The number of hydrogen-bond acceptors (Lipinski definition) is 4. The molecule has 4 nitrogen and oxygen atoms in total. The third kappa shape index (κ3) is 2.41. The quantitative estimate of drug-likeness (QED) is 0.744. The molecule has 0 fully saturated rings. The van der Waals surface area contributed by atoms with Crippen molar-refractivity contribution < 1.29 is 9.63 Å². The maximum absolute atomic E-state index is 12.0. The number of hydroxylamine groups is 1. The summed E-state index contributed by atoms with van der Waals surface area (Å²) in [6.45, 7) is 0. The predicted molar refractivity (Wildman–Crippen MR) is 73.0 cm³/mol. The minimum absolute atomic E-state index is 0.325. The van der Waals surface area contributed by atoms with Crippen LogP contribution in [0, 0.1) is 5.51 Å². The van der Waals surface area contributed by atoms with Crippen molar-refractivity contribution in [3.63, 3.8) is 0 Å². The van der Waals surface area contributed by atoms with E-state index < -0.39 is 0 Å². The number of carbonyl (C=O) groups excluding carboxylic acids is 1. The first-order chi connectivity index (χ1) is 9.34. The van der Waals surface area contributed by atoms with Crippen LogP contribution in [0.3, 0.4) is 0 Å². The number of para-hydroxylation sites is 2. The van der Waals surface area contributed by atoms with Gasteiger partial charge in [-0.25, -0.2) is 4.98 Å². The minimum Gasteiger partial charge on any atom is -0.379 e. The molecule has 0 aliphatic rings. The molecule has 0 atom stereocenters. The number of nitrogens with one attached hydrogen (secondary N) is 1. The van der Waals surface area contributed by atoms with Gasteiger partial charge in [-0.2, -0.15) is 5.48 Å². The van der Waals surface area contributed by atoms with Crippen molar-refractivity contribution in [3.05, 3.63) is 59.6 Å². The summed E-state index contributed by atoms with van der Waals surface area (Å²) in [6, 6.07) is 14.5. The number of aromatic nitrogens is 1. The molecule has 93 valence electrons. The van der Waals surface area contributed by atoms with Gasteiger partial charge in [0.25, 0.3) is 5.91 Å². The average molecular weight is 269 g/mol. The summed E-state index contributed by atoms with van der Waals surface area (Å²) in [5, 5.41) is 0. The molecule has 0 bridgehead atoms. The standard InChI is InChI=1S/C14H9N2O2S/c17-14(16-18-10-5-2-1-3-6-10)11-7-4-8-12-13(11)15-9-19-12/h1-8H,(H,16,17). The van der Waals surface area contributed by atoms with Gasteiger partial charge >= 0.3 is 0 Å². The highest BCUT2D eigenvalue weighted by Gasteiger charge is 2.12. The zero-order valence-corrected chi connectivity index (χ0v) is 10.6. The van der Waals surface area contributed by atoms with Gasteiger partial charge in [0.1, 0.15) is 0 Å². The van der Waals surface area contributed by atoms with E-state index >= 15 is 0 Å². The Morgan fingerprint density at radius 3 is 2.84 bits per heavy atom. The zero-order chi connectivity index (χ0) is 13.1. The van der Waals surface area contributed by atoms with Gasteiger partial charge in [-0.1, -0.05) is 24.3 Å². The van der Waals surface area contributed by atoms with Gasteiger partial charge in [0, 0.05) is 0 Å². The molecular weight excluding hydrogens is 260 g/mol. The van der Waals surface area contributed by atoms with Crippen molar-refractivity contribution in [2.75, 3.05) is 0 Å². The van der Waals surface area contributed by atoms with E-state index in [1.165, 1.54) is 11.3 Å². The highest BCUT2D eigenvalue weighted by molar-refractivity contribution is 7.16. The van der Waals surface area contributed by atoms with E-state index in [2.05, 4.69) is 16.0 Å². The van der Waals surface area contributed by atoms with Gasteiger partial charge in [0.05, 0.1) is 15.8 Å². The fraction of sp³-hybridized carbons (Fsp3) is 0. The number of fused-ring (bicyclic) bond motifs is 1. The number of hydrogen-bond donors (Lipinski definition) is 1. The number of nitrogens with zero attached hydrogens (tertiary/aromatic N) is 1. The maximum Gasteiger partial charge on any atom is 0.286 e. The summed E-state index contributed by atoms with van der Waals surface area (Å²) in [5.74, 6) is 0.251. The maximum atomic E-state index is 12.0. The third-order valence-corrected chi connectivity index (χ3v) is 3.29. The summed E-state index contributed by atoms with van der Waals surface area (Å²) in [7, 11) is 0. The molecule has 0 unspecified atom stereocenters. The lowest BCUT2D eigenvalue weighted by Gasteiger charge is -2.07. The lowest BCUT2D eigenvalue weighted by molar-refractivity contribution is 0.0761. The number of thiazole rings is 1. The summed E-state index contributed by atoms with van der Waals surface area (Å²) in [6.07, 6.45) is 0. The van der Waals surface area contributed by atoms with Crippen LogP contribution in [-0.4, -0.2) is 10.9 Å². The largest absolute Gasteiger partial charge is 0.379 e. The Labute approximate surface area is 113 Å². The molecule has 1 radical (unpaired) electrons. The number of rotatable bonds is 3. The minimum atomic E-state index is -0.325.